The van der Waals surface area contributed by atoms with Gasteiger partial charge in [-0.15, -0.1) is 0 Å². The minimum absolute atomic E-state index is 0.746. The molecule has 0 aromatic heterocycles. The van der Waals surface area contributed by atoms with Crippen LogP contribution in [0.25, 0.3) is 0 Å². The van der Waals surface area contributed by atoms with Crippen LogP contribution >= 0.6 is 0 Å². The van der Waals surface area contributed by atoms with Gasteiger partial charge in [0.2, 0.25) is 0 Å². The summed E-state index contributed by atoms with van der Waals surface area (Å²) in [4.78, 5) is 9.93. The summed E-state index contributed by atoms with van der Waals surface area (Å²) in [5.41, 5.74) is 2.27. The van der Waals surface area contributed by atoms with Crippen molar-refractivity contribution in [1.29, 1.82) is 0 Å². The molecular formula is C12H13NO. The van der Waals surface area contributed by atoms with Gasteiger partial charge in [0.15, 0.2) is 0 Å². The van der Waals surface area contributed by atoms with Crippen molar-refractivity contribution in [2.75, 3.05) is 5.32 Å². The molecule has 1 aromatic rings. The molecule has 1 rings (SSSR count). The molecule has 0 saturated carbocycles. The van der Waals surface area contributed by atoms with Crippen LogP contribution < -0.4 is 5.32 Å². The number of carbonyl (C=O) groups is 1. The average molecular weight is 187 g/mol. The molecule has 0 aliphatic heterocycles. The van der Waals surface area contributed by atoms with Crippen LogP contribution in [0.2, 0.25) is 0 Å². The SMILES string of the molecule is Cc1ccc(N/C=C/C=C/C=O)cc1. The Morgan fingerprint density at radius 1 is 1.07 bits per heavy atom. The topological polar surface area (TPSA) is 29.1 Å². The molecule has 0 fully saturated rings. The van der Waals surface area contributed by atoms with E-state index in [-0.39, 0.29) is 0 Å². The maximum absolute atomic E-state index is 9.93. The number of carbonyl (C=O) groups excluding carboxylic acids is 1. The summed E-state index contributed by atoms with van der Waals surface area (Å²) < 4.78 is 0. The lowest BCUT2D eigenvalue weighted by atomic mass is 10.2. The van der Waals surface area contributed by atoms with Crippen LogP contribution in [0, 0.1) is 6.92 Å². The maximum Gasteiger partial charge on any atom is 0.142 e. The number of aryl methyl sites for hydroxylation is 1. The largest absolute Gasteiger partial charge is 0.362 e. The van der Waals surface area contributed by atoms with Crippen LogP contribution in [0.1, 0.15) is 5.56 Å². The molecule has 1 N–H and O–H groups in total. The molecule has 2 heteroatoms. The molecular weight excluding hydrogens is 174 g/mol. The van der Waals surface area contributed by atoms with E-state index in [9.17, 15) is 4.79 Å². The van der Waals surface area contributed by atoms with Gasteiger partial charge in [-0.3, -0.25) is 4.79 Å². The summed E-state index contributed by atoms with van der Waals surface area (Å²) in [5, 5.41) is 3.08. The van der Waals surface area contributed by atoms with Crippen LogP contribution in [-0.4, -0.2) is 6.29 Å². The molecule has 0 aliphatic rings. The molecule has 0 radical (unpaired) electrons. The highest BCUT2D eigenvalue weighted by atomic mass is 16.1. The van der Waals surface area contributed by atoms with Gasteiger partial charge in [0.25, 0.3) is 0 Å². The predicted molar refractivity (Wildman–Crippen MR) is 59.1 cm³/mol. The van der Waals surface area contributed by atoms with Crippen LogP contribution in [0.5, 0.6) is 0 Å². The fourth-order valence-electron chi connectivity index (χ4n) is 0.959. The molecule has 14 heavy (non-hydrogen) atoms. The maximum atomic E-state index is 9.93. The van der Waals surface area contributed by atoms with Gasteiger partial charge < -0.3 is 5.32 Å². The van der Waals surface area contributed by atoms with E-state index in [2.05, 4.69) is 5.32 Å². The monoisotopic (exact) mass is 187 g/mol. The number of aldehydes is 1. The number of rotatable bonds is 4. The smallest absolute Gasteiger partial charge is 0.142 e. The second kappa shape index (κ2) is 5.75. The molecule has 0 spiro atoms. The second-order valence-corrected chi connectivity index (χ2v) is 2.89. The fraction of sp³-hybridized carbons (Fsp3) is 0.0833. The average Bonchev–Trinajstić information content (AvgIpc) is 2.21. The van der Waals surface area contributed by atoms with E-state index in [0.717, 1.165) is 12.0 Å². The highest BCUT2D eigenvalue weighted by molar-refractivity contribution is 5.65. The molecule has 0 unspecified atom stereocenters. The summed E-state index contributed by atoms with van der Waals surface area (Å²) in [7, 11) is 0. The van der Waals surface area contributed by atoms with Gasteiger partial charge in [-0.2, -0.15) is 0 Å². The lowest BCUT2D eigenvalue weighted by Crippen LogP contribution is -1.85. The van der Waals surface area contributed by atoms with E-state index >= 15 is 0 Å². The van der Waals surface area contributed by atoms with Gasteiger partial charge in [0, 0.05) is 11.9 Å². The third-order valence-electron chi connectivity index (χ3n) is 1.70. The van der Waals surface area contributed by atoms with Crippen molar-refractivity contribution in [3.05, 3.63) is 54.3 Å². The van der Waals surface area contributed by atoms with E-state index in [1.54, 1.807) is 18.4 Å². The Morgan fingerprint density at radius 3 is 2.43 bits per heavy atom. The Bertz CT molecular complexity index is 336. The van der Waals surface area contributed by atoms with Crippen LogP contribution in [0.3, 0.4) is 0 Å². The van der Waals surface area contributed by atoms with Gasteiger partial charge >= 0.3 is 0 Å². The number of nitrogens with one attached hydrogen (secondary N) is 1. The van der Waals surface area contributed by atoms with Gasteiger partial charge in [0.1, 0.15) is 6.29 Å². The third kappa shape index (κ3) is 3.72. The number of anilines is 1. The van der Waals surface area contributed by atoms with E-state index in [0.29, 0.717) is 0 Å². The molecule has 0 bridgehead atoms. The molecule has 0 saturated heterocycles. The molecule has 0 atom stereocenters. The minimum Gasteiger partial charge on any atom is -0.362 e. The van der Waals surface area contributed by atoms with E-state index in [1.165, 1.54) is 11.6 Å². The van der Waals surface area contributed by atoms with E-state index < -0.39 is 0 Å². The Hall–Kier alpha value is -1.83. The molecule has 0 aliphatic carbocycles. The van der Waals surface area contributed by atoms with Crippen molar-refractivity contribution >= 4 is 12.0 Å². The lowest BCUT2D eigenvalue weighted by Gasteiger charge is -1.99. The molecule has 2 nitrogen and oxygen atoms in total. The first kappa shape index (κ1) is 10.3. The number of hydrogen-bond acceptors (Lipinski definition) is 2. The first-order chi connectivity index (χ1) is 6.83. The van der Waals surface area contributed by atoms with Gasteiger partial charge in [-0.25, -0.2) is 0 Å². The normalized spacial score (nSPS) is 10.9. The van der Waals surface area contributed by atoms with Crippen molar-refractivity contribution in [1.82, 2.24) is 0 Å². The summed E-state index contributed by atoms with van der Waals surface area (Å²) in [6, 6.07) is 8.08. The summed E-state index contributed by atoms with van der Waals surface area (Å²) in [6.45, 7) is 2.05. The van der Waals surface area contributed by atoms with Crippen LogP contribution in [0.15, 0.2) is 48.7 Å². The molecule has 1 aromatic carbocycles. The molecule has 0 amide bonds. The summed E-state index contributed by atoms with van der Waals surface area (Å²) in [5.74, 6) is 0. The van der Waals surface area contributed by atoms with Crippen molar-refractivity contribution in [2.45, 2.75) is 6.92 Å². The Kier molecular flexibility index (Phi) is 4.21. The Morgan fingerprint density at radius 2 is 1.79 bits per heavy atom. The lowest BCUT2D eigenvalue weighted by molar-refractivity contribution is -0.104. The van der Waals surface area contributed by atoms with Crippen molar-refractivity contribution < 1.29 is 4.79 Å². The number of benzene rings is 1. The molecule has 72 valence electrons. The second-order valence-electron chi connectivity index (χ2n) is 2.89. The van der Waals surface area contributed by atoms with Crippen molar-refractivity contribution in [3.8, 4) is 0 Å². The van der Waals surface area contributed by atoms with Crippen molar-refractivity contribution in [3.63, 3.8) is 0 Å². The van der Waals surface area contributed by atoms with Crippen LogP contribution in [0.4, 0.5) is 5.69 Å². The zero-order valence-electron chi connectivity index (χ0n) is 8.10. The van der Waals surface area contributed by atoms with Crippen molar-refractivity contribution in [2.24, 2.45) is 0 Å². The quantitative estimate of drug-likeness (QED) is 0.446. The first-order valence-corrected chi connectivity index (χ1v) is 4.43. The Balaban J connectivity index is 2.45. The third-order valence-corrected chi connectivity index (χ3v) is 1.70. The zero-order chi connectivity index (χ0) is 10.2. The summed E-state index contributed by atoms with van der Waals surface area (Å²) >= 11 is 0. The summed E-state index contributed by atoms with van der Waals surface area (Å²) in [6.07, 6.45) is 7.41. The van der Waals surface area contributed by atoms with E-state index in [4.69, 9.17) is 0 Å². The van der Waals surface area contributed by atoms with E-state index in [1.807, 2.05) is 31.2 Å². The van der Waals surface area contributed by atoms with Gasteiger partial charge in [-0.05, 0) is 31.2 Å². The predicted octanol–water partition coefficient (Wildman–Crippen LogP) is 2.68. The highest BCUT2D eigenvalue weighted by Gasteiger charge is 1.85. The highest BCUT2D eigenvalue weighted by Crippen LogP contribution is 2.07. The standard InChI is InChI=1S/C12H13NO/c1-11-5-7-12(8-6-11)13-9-3-2-4-10-14/h2-10,13H,1H3/b4-2+,9-3+. The number of hydrogen-bond donors (Lipinski definition) is 1. The van der Waals surface area contributed by atoms with Crippen LogP contribution in [-0.2, 0) is 4.79 Å². The zero-order valence-corrected chi connectivity index (χ0v) is 8.10. The molecule has 0 heterocycles. The fourth-order valence-corrected chi connectivity index (χ4v) is 0.959. The first-order valence-electron chi connectivity index (χ1n) is 4.43. The van der Waals surface area contributed by atoms with Gasteiger partial charge in [-0.1, -0.05) is 23.8 Å². The Labute approximate surface area is 84.0 Å². The number of allylic oxidation sites excluding steroid dienone is 3. The van der Waals surface area contributed by atoms with Gasteiger partial charge in [0.05, 0.1) is 0 Å². The minimum atomic E-state index is 0.746.